The van der Waals surface area contributed by atoms with Crippen LogP contribution in [0, 0.1) is 5.82 Å². The van der Waals surface area contributed by atoms with Gasteiger partial charge in [0.05, 0.1) is 12.2 Å². The van der Waals surface area contributed by atoms with Crippen molar-refractivity contribution in [3.8, 4) is 0 Å². The van der Waals surface area contributed by atoms with E-state index >= 15 is 0 Å². The highest BCUT2D eigenvalue weighted by atomic mass is 19.1. The molecule has 1 saturated heterocycles. The van der Waals surface area contributed by atoms with E-state index in [-0.39, 0.29) is 18.1 Å². The van der Waals surface area contributed by atoms with Gasteiger partial charge in [-0.05, 0) is 31.0 Å². The van der Waals surface area contributed by atoms with Gasteiger partial charge < -0.3 is 10.2 Å². The van der Waals surface area contributed by atoms with Crippen LogP contribution in [-0.2, 0) is 4.79 Å². The average molecular weight is 355 g/mol. The first-order valence-electron chi connectivity index (χ1n) is 9.03. The van der Waals surface area contributed by atoms with E-state index in [4.69, 9.17) is 0 Å². The molecule has 2 aliphatic rings. The maximum absolute atomic E-state index is 13.6. The van der Waals surface area contributed by atoms with Crippen molar-refractivity contribution >= 4 is 17.4 Å². The molecule has 0 bridgehead atoms. The molecule has 0 spiro atoms. The van der Waals surface area contributed by atoms with Crippen LogP contribution in [0.1, 0.15) is 24.6 Å². The Bertz CT molecular complexity index is 787. The van der Waals surface area contributed by atoms with E-state index in [0.717, 1.165) is 37.8 Å². The fraction of sp³-hybridized carbons (Fsp3) is 0.421. The fourth-order valence-electron chi connectivity index (χ4n) is 3.17. The second-order valence-electron chi connectivity index (χ2n) is 6.84. The Morgan fingerprint density at radius 3 is 2.65 bits per heavy atom. The molecule has 1 aliphatic carbocycles. The van der Waals surface area contributed by atoms with Gasteiger partial charge in [-0.1, -0.05) is 12.1 Å². The third kappa shape index (κ3) is 3.99. The third-order valence-electron chi connectivity index (χ3n) is 4.81. The van der Waals surface area contributed by atoms with Crippen LogP contribution in [0.5, 0.6) is 0 Å². The van der Waals surface area contributed by atoms with Crippen LogP contribution in [0.2, 0.25) is 0 Å². The number of rotatable bonds is 5. The number of benzene rings is 1. The van der Waals surface area contributed by atoms with Crippen molar-refractivity contribution in [2.45, 2.75) is 18.8 Å². The maximum atomic E-state index is 13.6. The Labute approximate surface area is 152 Å². The van der Waals surface area contributed by atoms with Crippen molar-refractivity contribution in [3.05, 3.63) is 48.2 Å². The van der Waals surface area contributed by atoms with Gasteiger partial charge in [-0.2, -0.15) is 0 Å². The number of nitrogens with zero attached hydrogens (tertiary/aromatic N) is 4. The van der Waals surface area contributed by atoms with Gasteiger partial charge in [0.2, 0.25) is 5.91 Å². The minimum absolute atomic E-state index is 0.193. The van der Waals surface area contributed by atoms with Crippen LogP contribution in [0.3, 0.4) is 0 Å². The van der Waals surface area contributed by atoms with Crippen LogP contribution in [0.4, 0.5) is 15.9 Å². The SMILES string of the molecule is O=C(CN1CCN(c2ccnc(C3CC3)n2)CC1)Nc1ccccc1F. The van der Waals surface area contributed by atoms with E-state index in [1.54, 1.807) is 18.2 Å². The van der Waals surface area contributed by atoms with Crippen LogP contribution < -0.4 is 10.2 Å². The minimum Gasteiger partial charge on any atom is -0.354 e. The van der Waals surface area contributed by atoms with E-state index < -0.39 is 5.82 Å². The molecular weight excluding hydrogens is 333 g/mol. The van der Waals surface area contributed by atoms with E-state index in [1.807, 2.05) is 12.3 Å². The number of para-hydroxylation sites is 1. The summed E-state index contributed by atoms with van der Waals surface area (Å²) in [7, 11) is 0. The van der Waals surface area contributed by atoms with E-state index in [0.29, 0.717) is 5.92 Å². The monoisotopic (exact) mass is 355 g/mol. The van der Waals surface area contributed by atoms with Gasteiger partial charge in [-0.25, -0.2) is 14.4 Å². The maximum Gasteiger partial charge on any atom is 0.238 e. The summed E-state index contributed by atoms with van der Waals surface area (Å²) in [6.07, 6.45) is 4.22. The molecule has 0 atom stereocenters. The zero-order valence-electron chi connectivity index (χ0n) is 14.6. The summed E-state index contributed by atoms with van der Waals surface area (Å²) in [5.74, 6) is 1.85. The van der Waals surface area contributed by atoms with Crippen LogP contribution in [-0.4, -0.2) is 53.5 Å². The topological polar surface area (TPSA) is 61.4 Å². The highest BCUT2D eigenvalue weighted by Crippen LogP contribution is 2.38. The number of halogens is 1. The Kier molecular flexibility index (Phi) is 4.79. The van der Waals surface area contributed by atoms with Crippen molar-refractivity contribution in [2.24, 2.45) is 0 Å². The van der Waals surface area contributed by atoms with Crippen LogP contribution in [0.15, 0.2) is 36.5 Å². The minimum atomic E-state index is -0.416. The van der Waals surface area contributed by atoms with Crippen molar-refractivity contribution in [1.29, 1.82) is 0 Å². The normalized spacial score (nSPS) is 18.0. The number of carbonyl (C=O) groups excluding carboxylic acids is 1. The lowest BCUT2D eigenvalue weighted by Crippen LogP contribution is -2.49. The van der Waals surface area contributed by atoms with E-state index in [1.165, 1.54) is 18.9 Å². The predicted molar refractivity (Wildman–Crippen MR) is 97.7 cm³/mol. The molecule has 0 unspecified atom stereocenters. The molecule has 4 rings (SSSR count). The van der Waals surface area contributed by atoms with Gasteiger partial charge in [0.25, 0.3) is 0 Å². The first-order chi connectivity index (χ1) is 12.7. The molecule has 1 aliphatic heterocycles. The zero-order chi connectivity index (χ0) is 17.9. The molecule has 0 radical (unpaired) electrons. The van der Waals surface area contributed by atoms with Gasteiger partial charge in [0, 0.05) is 38.3 Å². The number of carbonyl (C=O) groups is 1. The summed E-state index contributed by atoms with van der Waals surface area (Å²) >= 11 is 0. The quantitative estimate of drug-likeness (QED) is 0.891. The molecule has 2 aromatic rings. The Hall–Kier alpha value is -2.54. The standard InChI is InChI=1S/C19H22FN5O/c20-15-3-1-2-4-16(15)22-18(26)13-24-9-11-25(12-10-24)17-7-8-21-19(23-17)14-5-6-14/h1-4,7-8,14H,5-6,9-13H2,(H,22,26). The summed E-state index contributed by atoms with van der Waals surface area (Å²) < 4.78 is 13.6. The van der Waals surface area contributed by atoms with Crippen molar-refractivity contribution in [1.82, 2.24) is 14.9 Å². The Morgan fingerprint density at radius 1 is 1.15 bits per heavy atom. The molecule has 1 N–H and O–H groups in total. The lowest BCUT2D eigenvalue weighted by molar-refractivity contribution is -0.117. The number of nitrogens with one attached hydrogen (secondary N) is 1. The Balaban J connectivity index is 1.29. The number of aromatic nitrogens is 2. The van der Waals surface area contributed by atoms with Gasteiger partial charge in [0.1, 0.15) is 17.5 Å². The van der Waals surface area contributed by atoms with Crippen molar-refractivity contribution in [2.75, 3.05) is 42.9 Å². The molecule has 2 heterocycles. The van der Waals surface area contributed by atoms with E-state index in [2.05, 4.69) is 25.1 Å². The van der Waals surface area contributed by atoms with Crippen molar-refractivity contribution < 1.29 is 9.18 Å². The lowest BCUT2D eigenvalue weighted by atomic mass is 10.3. The van der Waals surface area contributed by atoms with Crippen LogP contribution >= 0.6 is 0 Å². The molecule has 2 fully saturated rings. The number of amides is 1. The van der Waals surface area contributed by atoms with Crippen molar-refractivity contribution in [3.63, 3.8) is 0 Å². The molecule has 1 aromatic carbocycles. The van der Waals surface area contributed by atoms with Gasteiger partial charge in [-0.3, -0.25) is 9.69 Å². The summed E-state index contributed by atoms with van der Waals surface area (Å²) in [5.41, 5.74) is 0.227. The van der Waals surface area contributed by atoms with Gasteiger partial charge in [-0.15, -0.1) is 0 Å². The molecule has 26 heavy (non-hydrogen) atoms. The third-order valence-corrected chi connectivity index (χ3v) is 4.81. The summed E-state index contributed by atoms with van der Waals surface area (Å²) in [6, 6.07) is 8.16. The zero-order valence-corrected chi connectivity index (χ0v) is 14.6. The molecule has 1 aromatic heterocycles. The molecule has 1 amide bonds. The largest absolute Gasteiger partial charge is 0.354 e. The highest BCUT2D eigenvalue weighted by molar-refractivity contribution is 5.92. The number of anilines is 2. The number of hydrogen-bond acceptors (Lipinski definition) is 5. The lowest BCUT2D eigenvalue weighted by Gasteiger charge is -2.35. The number of piperazine rings is 1. The summed E-state index contributed by atoms with van der Waals surface area (Å²) in [5, 5.41) is 2.64. The highest BCUT2D eigenvalue weighted by Gasteiger charge is 2.27. The molecule has 136 valence electrons. The smallest absolute Gasteiger partial charge is 0.238 e. The van der Waals surface area contributed by atoms with Crippen LogP contribution in [0.25, 0.3) is 0 Å². The molecule has 6 nitrogen and oxygen atoms in total. The first kappa shape index (κ1) is 16.9. The second-order valence-corrected chi connectivity index (χ2v) is 6.84. The summed E-state index contributed by atoms with van der Waals surface area (Å²) in [6.45, 7) is 3.43. The van der Waals surface area contributed by atoms with E-state index in [9.17, 15) is 9.18 Å². The Morgan fingerprint density at radius 2 is 1.92 bits per heavy atom. The molecule has 1 saturated carbocycles. The average Bonchev–Trinajstić information content (AvgIpc) is 3.50. The fourth-order valence-corrected chi connectivity index (χ4v) is 3.17. The predicted octanol–water partition coefficient (Wildman–Crippen LogP) is 2.25. The molecule has 7 heteroatoms. The summed E-state index contributed by atoms with van der Waals surface area (Å²) in [4.78, 5) is 25.5. The first-order valence-corrected chi connectivity index (χ1v) is 9.03. The second kappa shape index (κ2) is 7.37. The molecular formula is C19H22FN5O. The number of hydrogen-bond donors (Lipinski definition) is 1. The van der Waals surface area contributed by atoms with Gasteiger partial charge in [0.15, 0.2) is 0 Å². The van der Waals surface area contributed by atoms with Gasteiger partial charge >= 0.3 is 0 Å².